The molecule has 10 atom stereocenters. The summed E-state index contributed by atoms with van der Waals surface area (Å²) in [7, 11) is 0. The second-order valence-corrected chi connectivity index (χ2v) is 19.0. The van der Waals surface area contributed by atoms with Crippen LogP contribution in [0.4, 0.5) is 5.13 Å². The molecule has 1 amide bonds. The lowest BCUT2D eigenvalue weighted by molar-refractivity contribution is -0.227. The summed E-state index contributed by atoms with van der Waals surface area (Å²) in [6, 6.07) is 0. The van der Waals surface area contributed by atoms with Gasteiger partial charge in [0.1, 0.15) is 0 Å². The molecule has 8 heteroatoms. The van der Waals surface area contributed by atoms with Crippen molar-refractivity contribution in [2.24, 2.45) is 45.7 Å². The number of carbonyl (C=O) groups is 1. The molecule has 0 unspecified atom stereocenters. The van der Waals surface area contributed by atoms with E-state index in [1.807, 2.05) is 13.8 Å². The van der Waals surface area contributed by atoms with Gasteiger partial charge in [-0.1, -0.05) is 41.0 Å². The van der Waals surface area contributed by atoms with Crippen LogP contribution >= 0.6 is 11.3 Å². The van der Waals surface area contributed by atoms with Crippen LogP contribution in [0.15, 0.2) is 0 Å². The van der Waals surface area contributed by atoms with Crippen LogP contribution in [0.2, 0.25) is 0 Å². The number of nitrogens with two attached hydrogens (primary N) is 1. The summed E-state index contributed by atoms with van der Waals surface area (Å²) in [5.74, 6) is 1.41. The molecule has 1 aliphatic heterocycles. The monoisotopic (exact) mass is 643 g/mol. The first-order chi connectivity index (χ1) is 20.9. The van der Waals surface area contributed by atoms with Crippen molar-refractivity contribution >= 4 is 22.4 Å². The molecule has 4 fully saturated rings. The molecule has 5 N–H and O–H groups in total. The molecule has 4 aliphatic carbocycles. The van der Waals surface area contributed by atoms with E-state index in [1.54, 1.807) is 11.3 Å². The summed E-state index contributed by atoms with van der Waals surface area (Å²) in [6.07, 6.45) is 10.9. The first-order valence-corrected chi connectivity index (χ1v) is 18.8. The fourth-order valence-corrected chi connectivity index (χ4v) is 13.5. The average Bonchev–Trinajstić information content (AvgIpc) is 3.64. The van der Waals surface area contributed by atoms with Crippen LogP contribution in [0, 0.1) is 39.9 Å². The van der Waals surface area contributed by atoms with Crippen molar-refractivity contribution in [1.29, 1.82) is 0 Å². The molecule has 254 valence electrons. The van der Waals surface area contributed by atoms with Crippen molar-refractivity contribution in [3.8, 4) is 0 Å². The molecule has 45 heavy (non-hydrogen) atoms. The number of hydrogen-bond acceptors (Lipinski definition) is 7. The summed E-state index contributed by atoms with van der Waals surface area (Å²) >= 11 is 1.68. The number of aliphatic hydroxyl groups excluding tert-OH is 1. The highest BCUT2D eigenvalue weighted by atomic mass is 32.1. The van der Waals surface area contributed by atoms with Crippen molar-refractivity contribution in [3.05, 3.63) is 10.6 Å². The van der Waals surface area contributed by atoms with E-state index in [9.17, 15) is 15.0 Å². The predicted molar refractivity (Wildman–Crippen MR) is 181 cm³/mol. The minimum absolute atomic E-state index is 0.0221. The topological polar surface area (TPSA) is 118 Å². The lowest BCUT2D eigenvalue weighted by atomic mass is 9.35. The number of anilines is 1. The minimum Gasteiger partial charge on any atom is -0.393 e. The molecule has 0 radical (unpaired) electrons. The van der Waals surface area contributed by atoms with Crippen molar-refractivity contribution in [2.75, 3.05) is 11.9 Å². The van der Waals surface area contributed by atoms with Crippen molar-refractivity contribution in [1.82, 2.24) is 4.98 Å². The predicted octanol–water partition coefficient (Wildman–Crippen LogP) is 6.98. The van der Waals surface area contributed by atoms with Gasteiger partial charge < -0.3 is 26.0 Å². The van der Waals surface area contributed by atoms with Crippen molar-refractivity contribution in [2.45, 2.75) is 161 Å². The minimum atomic E-state index is -0.856. The maximum atomic E-state index is 12.8. The zero-order chi connectivity index (χ0) is 32.8. The Labute approximate surface area is 275 Å². The van der Waals surface area contributed by atoms with Crippen LogP contribution in [-0.4, -0.2) is 51.1 Å². The van der Waals surface area contributed by atoms with Crippen LogP contribution in [0.25, 0.3) is 0 Å². The zero-order valence-corrected chi connectivity index (χ0v) is 30.1. The van der Waals surface area contributed by atoms with Gasteiger partial charge in [-0.05, 0) is 131 Å². The largest absolute Gasteiger partial charge is 0.393 e. The van der Waals surface area contributed by atoms with Crippen LogP contribution < -0.4 is 11.1 Å². The van der Waals surface area contributed by atoms with Crippen LogP contribution in [0.3, 0.4) is 0 Å². The lowest BCUT2D eigenvalue weighted by Gasteiger charge is -2.69. The van der Waals surface area contributed by atoms with Gasteiger partial charge in [-0.25, -0.2) is 4.98 Å². The van der Waals surface area contributed by atoms with E-state index in [1.165, 1.54) is 17.0 Å². The SMILES string of the molecule is CC(C)(O)[C@@H]1CC[C@@](C)([C@H]2CC[C@]3(C)[C@@H]2[C@H](O)C[C@@H]2[C@@]4(C)Cc5sc(NC(=O)CCCCCN)nc5C(C)(C)[C@@H]4CC[C@]23C)O1. The first-order valence-electron chi connectivity index (χ1n) is 18.0. The number of aliphatic hydroxyl groups is 2. The summed E-state index contributed by atoms with van der Waals surface area (Å²) in [6.45, 7) is 19.0. The van der Waals surface area contributed by atoms with Gasteiger partial charge in [0.25, 0.3) is 0 Å². The van der Waals surface area contributed by atoms with Gasteiger partial charge >= 0.3 is 0 Å². The van der Waals surface area contributed by atoms with E-state index in [-0.39, 0.29) is 51.3 Å². The molecule has 2 heterocycles. The van der Waals surface area contributed by atoms with Crippen LogP contribution in [0.1, 0.15) is 137 Å². The molecule has 6 rings (SSSR count). The highest BCUT2D eigenvalue weighted by Crippen LogP contribution is 2.76. The van der Waals surface area contributed by atoms with E-state index in [0.29, 0.717) is 30.7 Å². The van der Waals surface area contributed by atoms with Gasteiger partial charge in [0.15, 0.2) is 5.13 Å². The Morgan fingerprint density at radius 1 is 1.02 bits per heavy atom. The number of aromatic nitrogens is 1. The normalized spacial score (nSPS) is 43.7. The maximum absolute atomic E-state index is 12.8. The summed E-state index contributed by atoms with van der Waals surface area (Å²) in [5.41, 5.74) is 5.68. The van der Waals surface area contributed by atoms with Gasteiger partial charge in [-0.2, -0.15) is 0 Å². The number of amides is 1. The van der Waals surface area contributed by atoms with Gasteiger partial charge in [-0.15, -0.1) is 11.3 Å². The smallest absolute Gasteiger partial charge is 0.226 e. The highest BCUT2D eigenvalue weighted by Gasteiger charge is 2.72. The molecule has 3 saturated carbocycles. The first kappa shape index (κ1) is 33.8. The van der Waals surface area contributed by atoms with E-state index in [2.05, 4.69) is 46.9 Å². The third kappa shape index (κ3) is 5.17. The number of fused-ring (bicyclic) bond motifs is 6. The third-order valence-corrected chi connectivity index (χ3v) is 15.6. The number of carbonyl (C=O) groups excluding carboxylic acids is 1. The molecular formula is C37H61N3O4S. The van der Waals surface area contributed by atoms with Gasteiger partial charge in [0, 0.05) is 16.7 Å². The standard InChI is InChI=1S/C37H61N3O4S/c1-32(2)25-14-17-35(6)26(34(25,5)21-24-30(32)40-31(45-24)39-28(42)12-10-9-11-19-38)20-23(41)29-22(13-16-36(29,35)7)37(8)18-15-27(44-37)33(3,4)43/h22-23,25-27,29,41,43H,9-21,38H2,1-8H3,(H,39,40,42)/t22-,23+,25-,26+,27-,29-,34-,35+,36+,37-/m0/s1. The summed E-state index contributed by atoms with van der Waals surface area (Å²) < 4.78 is 6.74. The fraction of sp³-hybridized carbons (Fsp3) is 0.892. The number of nitrogens with one attached hydrogen (secondary N) is 1. The van der Waals surface area contributed by atoms with E-state index in [4.69, 9.17) is 15.5 Å². The number of thiazole rings is 1. The van der Waals surface area contributed by atoms with E-state index >= 15 is 0 Å². The Kier molecular flexibility index (Phi) is 8.46. The van der Waals surface area contributed by atoms with Crippen LogP contribution in [-0.2, 0) is 21.4 Å². The van der Waals surface area contributed by atoms with Crippen molar-refractivity contribution in [3.63, 3.8) is 0 Å². The molecule has 1 aromatic heterocycles. The van der Waals surface area contributed by atoms with Crippen LogP contribution in [0.5, 0.6) is 0 Å². The molecule has 0 aromatic carbocycles. The fourth-order valence-electron chi connectivity index (χ4n) is 12.2. The Balaban J connectivity index is 1.27. The second kappa shape index (κ2) is 11.2. The molecule has 0 bridgehead atoms. The van der Waals surface area contributed by atoms with Gasteiger partial charge in [0.2, 0.25) is 5.91 Å². The quantitative estimate of drug-likeness (QED) is 0.227. The Hall–Kier alpha value is -1.06. The average molecular weight is 644 g/mol. The molecule has 1 aromatic rings. The number of nitrogens with zero attached hydrogens (tertiary/aromatic N) is 1. The van der Waals surface area contributed by atoms with E-state index in [0.717, 1.165) is 69.3 Å². The Morgan fingerprint density at radius 3 is 2.40 bits per heavy atom. The zero-order valence-electron chi connectivity index (χ0n) is 29.3. The molecule has 7 nitrogen and oxygen atoms in total. The lowest BCUT2D eigenvalue weighted by Crippen LogP contribution is -2.66. The molecule has 5 aliphatic rings. The number of unbranched alkanes of at least 4 members (excludes halogenated alkanes) is 2. The van der Waals surface area contributed by atoms with Crippen molar-refractivity contribution < 1.29 is 19.7 Å². The summed E-state index contributed by atoms with van der Waals surface area (Å²) in [4.78, 5) is 19.2. The highest BCUT2D eigenvalue weighted by molar-refractivity contribution is 7.15. The maximum Gasteiger partial charge on any atom is 0.226 e. The second-order valence-electron chi connectivity index (χ2n) is 17.9. The number of rotatable bonds is 8. The molecular weight excluding hydrogens is 582 g/mol. The molecule has 0 spiro atoms. The third-order valence-electron chi connectivity index (χ3n) is 14.6. The number of ether oxygens (including phenoxy) is 1. The summed E-state index contributed by atoms with van der Waals surface area (Å²) in [5, 5.41) is 26.9. The number of hydrogen-bond donors (Lipinski definition) is 4. The Bertz CT molecular complexity index is 1290. The Morgan fingerprint density at radius 2 is 1.73 bits per heavy atom. The van der Waals surface area contributed by atoms with E-state index < -0.39 is 5.60 Å². The molecule has 1 saturated heterocycles. The van der Waals surface area contributed by atoms with Gasteiger partial charge in [0.05, 0.1) is 29.1 Å². The van der Waals surface area contributed by atoms with Gasteiger partial charge in [-0.3, -0.25) is 4.79 Å².